The molecule has 0 atom stereocenters. The molecule has 19 heavy (non-hydrogen) atoms. The predicted molar refractivity (Wildman–Crippen MR) is 59.4 cm³/mol. The number of benzene rings is 2. The SMILES string of the molecule is Fc1ccc(B2Oc3c(F)ccc(F)c3O2)c(F)c1. The lowest BCUT2D eigenvalue weighted by molar-refractivity contribution is 0.486. The summed E-state index contributed by atoms with van der Waals surface area (Å²) in [4.78, 5) is 0. The Bertz CT molecular complexity index is 631. The molecule has 96 valence electrons. The highest BCUT2D eigenvalue weighted by molar-refractivity contribution is 6.63. The van der Waals surface area contributed by atoms with Gasteiger partial charge in [-0.25, -0.2) is 17.6 Å². The summed E-state index contributed by atoms with van der Waals surface area (Å²) in [5.74, 6) is -4.17. The van der Waals surface area contributed by atoms with Crippen molar-refractivity contribution in [2.75, 3.05) is 0 Å². The molecule has 2 aromatic carbocycles. The van der Waals surface area contributed by atoms with Crippen molar-refractivity contribution in [1.82, 2.24) is 0 Å². The quantitative estimate of drug-likeness (QED) is 0.584. The van der Waals surface area contributed by atoms with Crippen molar-refractivity contribution in [2.24, 2.45) is 0 Å². The topological polar surface area (TPSA) is 18.5 Å². The summed E-state index contributed by atoms with van der Waals surface area (Å²) in [5.41, 5.74) is -0.142. The summed E-state index contributed by atoms with van der Waals surface area (Å²) < 4.78 is 63.2. The summed E-state index contributed by atoms with van der Waals surface area (Å²) in [7, 11) is -1.35. The lowest BCUT2D eigenvalue weighted by Gasteiger charge is -2.05. The lowest BCUT2D eigenvalue weighted by Crippen LogP contribution is -2.41. The van der Waals surface area contributed by atoms with Crippen LogP contribution in [0.3, 0.4) is 0 Å². The van der Waals surface area contributed by atoms with Gasteiger partial charge in [-0.15, -0.1) is 0 Å². The molecule has 0 unspecified atom stereocenters. The zero-order valence-electron chi connectivity index (χ0n) is 9.29. The van der Waals surface area contributed by atoms with E-state index in [1.54, 1.807) is 0 Å². The number of fused-ring (bicyclic) bond motifs is 1. The Kier molecular flexibility index (Phi) is 2.62. The van der Waals surface area contributed by atoms with E-state index < -0.39 is 41.9 Å². The first-order valence-corrected chi connectivity index (χ1v) is 5.32. The fourth-order valence-electron chi connectivity index (χ4n) is 1.79. The van der Waals surface area contributed by atoms with Crippen molar-refractivity contribution in [3.05, 3.63) is 53.6 Å². The number of rotatable bonds is 1. The first kappa shape index (κ1) is 11.9. The van der Waals surface area contributed by atoms with Crippen molar-refractivity contribution < 1.29 is 26.9 Å². The summed E-state index contributed by atoms with van der Waals surface area (Å²) in [5, 5.41) is 0. The van der Waals surface area contributed by atoms with E-state index in [1.807, 2.05) is 0 Å². The molecule has 1 aliphatic rings. The Labute approximate surface area is 105 Å². The zero-order chi connectivity index (χ0) is 13.6. The third kappa shape index (κ3) is 1.91. The largest absolute Gasteiger partial charge is 0.635 e. The molecule has 0 spiro atoms. The van der Waals surface area contributed by atoms with Crippen LogP contribution in [0.1, 0.15) is 0 Å². The van der Waals surface area contributed by atoms with Gasteiger partial charge in [0.25, 0.3) is 0 Å². The minimum absolute atomic E-state index is 0.142. The normalized spacial score (nSPS) is 12.9. The maximum Gasteiger partial charge on any atom is 0.635 e. The highest BCUT2D eigenvalue weighted by Gasteiger charge is 2.39. The second-order valence-corrected chi connectivity index (χ2v) is 3.92. The Balaban J connectivity index is 2.00. The van der Waals surface area contributed by atoms with Crippen LogP contribution in [-0.4, -0.2) is 7.12 Å². The van der Waals surface area contributed by atoms with Crippen LogP contribution in [0.25, 0.3) is 0 Å². The van der Waals surface area contributed by atoms with Crippen molar-refractivity contribution in [1.29, 1.82) is 0 Å². The molecule has 0 fully saturated rings. The molecule has 0 amide bonds. The Hall–Kier alpha value is -2.18. The molecule has 2 aromatic rings. The summed E-state index contributed by atoms with van der Waals surface area (Å²) in [6.45, 7) is 0. The molecule has 0 bridgehead atoms. The van der Waals surface area contributed by atoms with Gasteiger partial charge in [-0.1, -0.05) is 6.07 Å². The summed E-state index contributed by atoms with van der Waals surface area (Å²) in [6.07, 6.45) is 0. The van der Waals surface area contributed by atoms with Gasteiger partial charge in [-0.2, -0.15) is 0 Å². The number of halogens is 4. The Morgan fingerprint density at radius 3 is 1.84 bits per heavy atom. The van der Waals surface area contributed by atoms with Crippen molar-refractivity contribution in [2.45, 2.75) is 0 Å². The predicted octanol–water partition coefficient (Wildman–Crippen LogP) is 2.41. The van der Waals surface area contributed by atoms with Crippen LogP contribution in [0.5, 0.6) is 11.5 Å². The van der Waals surface area contributed by atoms with E-state index in [-0.39, 0.29) is 5.46 Å². The van der Waals surface area contributed by atoms with Gasteiger partial charge in [0.05, 0.1) is 0 Å². The maximum atomic E-state index is 13.5. The number of hydrogen-bond donors (Lipinski definition) is 0. The van der Waals surface area contributed by atoms with E-state index in [4.69, 9.17) is 9.31 Å². The van der Waals surface area contributed by atoms with Crippen LogP contribution in [0.4, 0.5) is 17.6 Å². The monoisotopic (exact) mass is 268 g/mol. The molecule has 3 rings (SSSR count). The molecular weight excluding hydrogens is 263 g/mol. The highest BCUT2D eigenvalue weighted by atomic mass is 19.1. The van der Waals surface area contributed by atoms with Crippen LogP contribution in [0.2, 0.25) is 0 Å². The second-order valence-electron chi connectivity index (χ2n) is 3.92. The van der Waals surface area contributed by atoms with Gasteiger partial charge in [0.15, 0.2) is 23.1 Å². The van der Waals surface area contributed by atoms with Crippen LogP contribution in [0.15, 0.2) is 30.3 Å². The molecule has 0 aliphatic carbocycles. The highest BCUT2D eigenvalue weighted by Crippen LogP contribution is 2.38. The van der Waals surface area contributed by atoms with Crippen LogP contribution in [0, 0.1) is 23.3 Å². The average Bonchev–Trinajstić information content (AvgIpc) is 2.80. The third-order valence-electron chi connectivity index (χ3n) is 2.68. The number of hydrogen-bond acceptors (Lipinski definition) is 2. The van der Waals surface area contributed by atoms with Gasteiger partial charge in [-0.05, 0) is 18.2 Å². The van der Waals surface area contributed by atoms with Crippen LogP contribution >= 0.6 is 0 Å². The lowest BCUT2D eigenvalue weighted by atomic mass is 9.79. The van der Waals surface area contributed by atoms with E-state index in [2.05, 4.69) is 0 Å². The van der Waals surface area contributed by atoms with Gasteiger partial charge < -0.3 is 9.31 Å². The fourth-order valence-corrected chi connectivity index (χ4v) is 1.79. The first-order chi connectivity index (χ1) is 9.06. The van der Waals surface area contributed by atoms with Gasteiger partial charge in [0.2, 0.25) is 0 Å². The van der Waals surface area contributed by atoms with Crippen LogP contribution in [-0.2, 0) is 0 Å². The minimum atomic E-state index is -1.35. The van der Waals surface area contributed by atoms with E-state index >= 15 is 0 Å². The smallest absolute Gasteiger partial charge is 0.517 e. The van der Waals surface area contributed by atoms with Crippen molar-refractivity contribution >= 4 is 12.6 Å². The summed E-state index contributed by atoms with van der Waals surface area (Å²) >= 11 is 0. The van der Waals surface area contributed by atoms with Gasteiger partial charge in [0, 0.05) is 11.5 Å². The molecule has 2 nitrogen and oxygen atoms in total. The van der Waals surface area contributed by atoms with E-state index in [9.17, 15) is 17.6 Å². The molecule has 0 saturated carbocycles. The second kappa shape index (κ2) is 4.19. The van der Waals surface area contributed by atoms with Gasteiger partial charge in [-0.3, -0.25) is 0 Å². The first-order valence-electron chi connectivity index (χ1n) is 5.32. The van der Waals surface area contributed by atoms with E-state index in [0.717, 1.165) is 24.3 Å². The molecule has 0 radical (unpaired) electrons. The Morgan fingerprint density at radius 2 is 1.32 bits per heavy atom. The molecule has 0 aromatic heterocycles. The van der Waals surface area contributed by atoms with Gasteiger partial charge >= 0.3 is 7.12 Å². The molecule has 0 N–H and O–H groups in total. The van der Waals surface area contributed by atoms with E-state index in [0.29, 0.717) is 6.07 Å². The molecular formula is C12H5BF4O2. The maximum absolute atomic E-state index is 13.5. The Morgan fingerprint density at radius 1 is 0.737 bits per heavy atom. The van der Waals surface area contributed by atoms with E-state index in [1.165, 1.54) is 0 Å². The molecule has 1 aliphatic heterocycles. The minimum Gasteiger partial charge on any atom is -0.517 e. The average molecular weight is 268 g/mol. The molecule has 0 saturated heterocycles. The standard InChI is InChI=1S/C12H5BF4O2/c14-6-1-2-7(10(17)5-6)13-18-11-8(15)3-4-9(16)12(11)19-13/h1-5H. The van der Waals surface area contributed by atoms with Crippen molar-refractivity contribution in [3.8, 4) is 11.5 Å². The van der Waals surface area contributed by atoms with Crippen LogP contribution < -0.4 is 14.8 Å². The molecule has 1 heterocycles. The summed E-state index contributed by atoms with van der Waals surface area (Å²) in [6, 6.07) is 4.48. The van der Waals surface area contributed by atoms with Crippen molar-refractivity contribution in [3.63, 3.8) is 0 Å². The molecule has 7 heteroatoms. The third-order valence-corrected chi connectivity index (χ3v) is 2.68. The fraction of sp³-hybridized carbons (Fsp3) is 0. The zero-order valence-corrected chi connectivity index (χ0v) is 9.29. The van der Waals surface area contributed by atoms with Gasteiger partial charge in [0.1, 0.15) is 11.6 Å².